The van der Waals surface area contributed by atoms with Gasteiger partial charge in [-0.1, -0.05) is 30.3 Å². The quantitative estimate of drug-likeness (QED) is 0.864. The fourth-order valence-electron chi connectivity index (χ4n) is 4.29. The molecule has 0 saturated carbocycles. The zero-order chi connectivity index (χ0) is 20.3. The van der Waals surface area contributed by atoms with Gasteiger partial charge in [-0.2, -0.15) is 0 Å². The highest BCUT2D eigenvalue weighted by atomic mass is 16.5. The average molecular weight is 394 g/mol. The molecule has 2 saturated heterocycles. The van der Waals surface area contributed by atoms with E-state index in [9.17, 15) is 14.7 Å². The Morgan fingerprint density at radius 2 is 1.48 bits per heavy atom. The van der Waals surface area contributed by atoms with Crippen molar-refractivity contribution in [1.82, 2.24) is 4.90 Å². The van der Waals surface area contributed by atoms with E-state index in [1.807, 2.05) is 54.6 Å². The molecule has 0 spiro atoms. The van der Waals surface area contributed by atoms with Crippen LogP contribution in [0.25, 0.3) is 0 Å². The van der Waals surface area contributed by atoms with Crippen molar-refractivity contribution in [3.63, 3.8) is 0 Å². The van der Waals surface area contributed by atoms with Gasteiger partial charge in [0.05, 0.1) is 18.6 Å². The van der Waals surface area contributed by atoms with Gasteiger partial charge in [-0.25, -0.2) is 0 Å². The number of likely N-dealkylation sites (tertiary alicyclic amines) is 1. The Kier molecular flexibility index (Phi) is 5.53. The third-order valence-corrected chi connectivity index (χ3v) is 6.13. The molecule has 2 fully saturated rings. The highest BCUT2D eigenvalue weighted by Crippen LogP contribution is 2.36. The topological polar surface area (TPSA) is 70.1 Å². The number of carbonyl (C=O) groups is 2. The minimum Gasteiger partial charge on any atom is -0.481 e. The normalized spacial score (nSPS) is 19.0. The van der Waals surface area contributed by atoms with E-state index >= 15 is 0 Å². The van der Waals surface area contributed by atoms with E-state index < -0.39 is 11.4 Å². The number of aliphatic carboxylic acids is 1. The molecule has 152 valence electrons. The van der Waals surface area contributed by atoms with Crippen molar-refractivity contribution in [3.05, 3.63) is 65.7 Å². The van der Waals surface area contributed by atoms with Crippen LogP contribution in [0.5, 0.6) is 0 Å². The van der Waals surface area contributed by atoms with Crippen LogP contribution < -0.4 is 4.90 Å². The lowest BCUT2D eigenvalue weighted by Gasteiger charge is -2.39. The molecule has 29 heavy (non-hydrogen) atoms. The van der Waals surface area contributed by atoms with E-state index in [-0.39, 0.29) is 5.91 Å². The Bertz CT molecular complexity index is 852. The molecule has 2 aliphatic rings. The largest absolute Gasteiger partial charge is 0.481 e. The lowest BCUT2D eigenvalue weighted by Crippen LogP contribution is -2.49. The minimum atomic E-state index is -0.918. The number of piperidine rings is 1. The highest BCUT2D eigenvalue weighted by Gasteiger charge is 2.43. The summed E-state index contributed by atoms with van der Waals surface area (Å²) in [5.41, 5.74) is 1.63. The molecule has 1 amide bonds. The van der Waals surface area contributed by atoms with Crippen molar-refractivity contribution < 1.29 is 19.4 Å². The van der Waals surface area contributed by atoms with E-state index in [0.29, 0.717) is 31.5 Å². The number of carboxylic acids is 1. The molecule has 1 N–H and O–H groups in total. The summed E-state index contributed by atoms with van der Waals surface area (Å²) in [7, 11) is 0. The van der Waals surface area contributed by atoms with Crippen molar-refractivity contribution in [1.29, 1.82) is 0 Å². The zero-order valence-electron chi connectivity index (χ0n) is 16.4. The number of carbonyl (C=O) groups excluding carboxylic acids is 1. The van der Waals surface area contributed by atoms with Gasteiger partial charge in [-0.3, -0.25) is 9.59 Å². The maximum atomic E-state index is 12.9. The summed E-state index contributed by atoms with van der Waals surface area (Å²) in [5.74, 6) is -0.851. The van der Waals surface area contributed by atoms with Gasteiger partial charge in [-0.15, -0.1) is 0 Å². The maximum Gasteiger partial charge on any atom is 0.314 e. The van der Waals surface area contributed by atoms with Crippen molar-refractivity contribution in [2.45, 2.75) is 18.3 Å². The number of rotatable bonds is 4. The van der Waals surface area contributed by atoms with Crippen molar-refractivity contribution in [3.8, 4) is 0 Å². The number of ether oxygens (including phenoxy) is 1. The van der Waals surface area contributed by atoms with E-state index in [1.165, 1.54) is 0 Å². The Labute approximate surface area is 170 Å². The molecule has 2 aromatic carbocycles. The van der Waals surface area contributed by atoms with Gasteiger partial charge in [0.15, 0.2) is 0 Å². The predicted molar refractivity (Wildman–Crippen MR) is 110 cm³/mol. The Morgan fingerprint density at radius 1 is 0.862 bits per heavy atom. The third-order valence-electron chi connectivity index (χ3n) is 6.13. The second kappa shape index (κ2) is 8.25. The Balaban J connectivity index is 1.44. The van der Waals surface area contributed by atoms with Crippen molar-refractivity contribution in [2.24, 2.45) is 0 Å². The summed E-state index contributed by atoms with van der Waals surface area (Å²) in [5, 5.41) is 9.92. The fourth-order valence-corrected chi connectivity index (χ4v) is 4.29. The van der Waals surface area contributed by atoms with Crippen LogP contribution in [-0.4, -0.2) is 61.3 Å². The molecule has 6 nitrogen and oxygen atoms in total. The number of nitrogens with zero attached hydrogens (tertiary/aromatic N) is 2. The number of amides is 1. The molecule has 4 rings (SSSR count). The molecular formula is C23H26N2O4. The van der Waals surface area contributed by atoms with Crippen LogP contribution in [0.1, 0.15) is 28.8 Å². The van der Waals surface area contributed by atoms with E-state index in [0.717, 1.165) is 37.6 Å². The predicted octanol–water partition coefficient (Wildman–Crippen LogP) is 2.78. The first-order valence-corrected chi connectivity index (χ1v) is 10.1. The minimum absolute atomic E-state index is 0.0365. The lowest BCUT2D eigenvalue weighted by atomic mass is 9.73. The molecule has 0 bridgehead atoms. The van der Waals surface area contributed by atoms with Crippen molar-refractivity contribution >= 4 is 17.6 Å². The average Bonchev–Trinajstić information content (AvgIpc) is 2.80. The Morgan fingerprint density at radius 3 is 2.07 bits per heavy atom. The number of hydrogen-bond acceptors (Lipinski definition) is 4. The summed E-state index contributed by atoms with van der Waals surface area (Å²) in [6.07, 6.45) is 0.841. The van der Waals surface area contributed by atoms with Crippen LogP contribution in [-0.2, 0) is 14.9 Å². The van der Waals surface area contributed by atoms with Crippen LogP contribution in [0.3, 0.4) is 0 Å². The molecule has 6 heteroatoms. The lowest BCUT2D eigenvalue weighted by molar-refractivity contribution is -0.145. The first kappa shape index (κ1) is 19.5. The molecule has 0 radical (unpaired) electrons. The van der Waals surface area contributed by atoms with E-state index in [4.69, 9.17) is 4.74 Å². The molecule has 2 heterocycles. The van der Waals surface area contributed by atoms with Crippen LogP contribution >= 0.6 is 0 Å². The van der Waals surface area contributed by atoms with Gasteiger partial charge in [0, 0.05) is 37.4 Å². The maximum absolute atomic E-state index is 12.9. The summed E-state index contributed by atoms with van der Waals surface area (Å²) >= 11 is 0. The summed E-state index contributed by atoms with van der Waals surface area (Å²) in [6, 6.07) is 17.1. The Hall–Kier alpha value is -2.86. The molecule has 2 aliphatic heterocycles. The van der Waals surface area contributed by atoms with Gasteiger partial charge in [-0.05, 0) is 42.7 Å². The standard InChI is InChI=1S/C23H26N2O4/c26-21(18-6-8-20(9-7-18)24-14-16-29-17-15-24)25-12-10-23(11-13-25,22(27)28)19-4-2-1-3-5-19/h1-9H,10-17H2,(H,27,28). The monoisotopic (exact) mass is 394 g/mol. The van der Waals surface area contributed by atoms with Gasteiger partial charge >= 0.3 is 5.97 Å². The third kappa shape index (κ3) is 3.85. The van der Waals surface area contributed by atoms with Crippen LogP contribution in [0.4, 0.5) is 5.69 Å². The number of anilines is 1. The first-order valence-electron chi connectivity index (χ1n) is 10.1. The van der Waals surface area contributed by atoms with Crippen LogP contribution in [0, 0.1) is 0 Å². The van der Waals surface area contributed by atoms with Gasteiger partial charge in [0.1, 0.15) is 0 Å². The smallest absolute Gasteiger partial charge is 0.314 e. The summed E-state index contributed by atoms with van der Waals surface area (Å²) < 4.78 is 5.38. The second-order valence-electron chi connectivity index (χ2n) is 7.69. The van der Waals surface area contributed by atoms with Gasteiger partial charge in [0.25, 0.3) is 5.91 Å². The van der Waals surface area contributed by atoms with Gasteiger partial charge in [0.2, 0.25) is 0 Å². The molecule has 0 unspecified atom stereocenters. The van der Waals surface area contributed by atoms with Crippen LogP contribution in [0.15, 0.2) is 54.6 Å². The molecule has 0 atom stereocenters. The van der Waals surface area contributed by atoms with E-state index in [2.05, 4.69) is 4.90 Å². The van der Waals surface area contributed by atoms with Gasteiger partial charge < -0.3 is 19.6 Å². The zero-order valence-corrected chi connectivity index (χ0v) is 16.4. The summed E-state index contributed by atoms with van der Waals surface area (Å²) in [4.78, 5) is 29.1. The molecular weight excluding hydrogens is 368 g/mol. The summed E-state index contributed by atoms with van der Waals surface area (Å²) in [6.45, 7) is 4.03. The molecule has 0 aromatic heterocycles. The number of carboxylic acid groups (broad SMARTS) is 1. The first-order chi connectivity index (χ1) is 14.1. The van der Waals surface area contributed by atoms with Crippen LogP contribution in [0.2, 0.25) is 0 Å². The molecule has 2 aromatic rings. The van der Waals surface area contributed by atoms with Crippen molar-refractivity contribution in [2.75, 3.05) is 44.3 Å². The SMILES string of the molecule is O=C(c1ccc(N2CCOCC2)cc1)N1CCC(C(=O)O)(c2ccccc2)CC1. The van der Waals surface area contributed by atoms with E-state index in [1.54, 1.807) is 4.90 Å². The molecule has 0 aliphatic carbocycles. The highest BCUT2D eigenvalue weighted by molar-refractivity contribution is 5.95. The second-order valence-corrected chi connectivity index (χ2v) is 7.69. The number of benzene rings is 2. The number of hydrogen-bond donors (Lipinski definition) is 1. The fraction of sp³-hybridized carbons (Fsp3) is 0.391. The number of morpholine rings is 1.